The Hall–Kier alpha value is -1.13. The van der Waals surface area contributed by atoms with E-state index in [0.717, 1.165) is 15.9 Å². The number of hydrogen-bond donors (Lipinski definition) is 0. The van der Waals surface area contributed by atoms with E-state index >= 15 is 0 Å². The fraction of sp³-hybridized carbons (Fsp3) is 0.154. The van der Waals surface area contributed by atoms with Crippen molar-refractivity contribution in [3.8, 4) is 5.75 Å². The van der Waals surface area contributed by atoms with Crippen molar-refractivity contribution in [2.75, 3.05) is 0 Å². The van der Waals surface area contributed by atoms with Crippen LogP contribution in [0.15, 0.2) is 34.9 Å². The fourth-order valence-corrected chi connectivity index (χ4v) is 2.55. The van der Waals surface area contributed by atoms with E-state index < -0.39 is 5.82 Å². The zero-order chi connectivity index (χ0) is 12.7. The molecule has 1 aromatic heterocycles. The Morgan fingerprint density at radius 3 is 3.00 bits per heavy atom. The number of fused-ring (bicyclic) bond motifs is 1. The average Bonchev–Trinajstić information content (AvgIpc) is 2.73. The molecule has 1 aromatic carbocycles. The number of hydrogen-bond acceptors (Lipinski definition) is 2. The summed E-state index contributed by atoms with van der Waals surface area (Å²) in [5, 5.41) is 0.125. The molecule has 3 rings (SSSR count). The van der Waals surface area contributed by atoms with Crippen molar-refractivity contribution in [2.45, 2.75) is 12.5 Å². The lowest BCUT2D eigenvalue weighted by Gasteiger charge is -2.09. The van der Waals surface area contributed by atoms with Gasteiger partial charge in [-0.3, -0.25) is 0 Å². The first kappa shape index (κ1) is 11.9. The average molecular weight is 329 g/mol. The highest BCUT2D eigenvalue weighted by molar-refractivity contribution is 9.10. The second-order valence-corrected chi connectivity index (χ2v) is 5.29. The lowest BCUT2D eigenvalue weighted by Crippen LogP contribution is -2.05. The van der Waals surface area contributed by atoms with Crippen molar-refractivity contribution in [1.82, 2.24) is 4.98 Å². The molecule has 0 radical (unpaired) electrons. The Bertz CT molecular complexity index is 589. The van der Waals surface area contributed by atoms with Gasteiger partial charge in [0.2, 0.25) is 0 Å². The van der Waals surface area contributed by atoms with Gasteiger partial charge in [-0.15, -0.1) is 0 Å². The Morgan fingerprint density at radius 1 is 1.39 bits per heavy atom. The first-order valence-electron chi connectivity index (χ1n) is 5.40. The number of benzene rings is 1. The molecule has 0 bridgehead atoms. The highest BCUT2D eigenvalue weighted by Crippen LogP contribution is 2.38. The molecule has 1 aliphatic heterocycles. The van der Waals surface area contributed by atoms with Crippen LogP contribution in [0.3, 0.4) is 0 Å². The summed E-state index contributed by atoms with van der Waals surface area (Å²) >= 11 is 9.08. The molecular formula is C13H8BrClFNO. The van der Waals surface area contributed by atoms with E-state index in [1.807, 2.05) is 18.2 Å². The van der Waals surface area contributed by atoms with Crippen LogP contribution < -0.4 is 4.74 Å². The van der Waals surface area contributed by atoms with Crippen molar-refractivity contribution >= 4 is 27.5 Å². The van der Waals surface area contributed by atoms with Crippen LogP contribution in [0.1, 0.15) is 17.4 Å². The van der Waals surface area contributed by atoms with Crippen LogP contribution in [-0.4, -0.2) is 4.98 Å². The van der Waals surface area contributed by atoms with Crippen LogP contribution >= 0.6 is 27.5 Å². The fourth-order valence-electron chi connectivity index (χ4n) is 2.00. The normalized spacial score (nSPS) is 17.4. The van der Waals surface area contributed by atoms with Gasteiger partial charge in [-0.2, -0.15) is 0 Å². The monoisotopic (exact) mass is 327 g/mol. The molecule has 1 aliphatic rings. The molecule has 5 heteroatoms. The predicted octanol–water partition coefficient (Wildman–Crippen LogP) is 4.31. The zero-order valence-corrected chi connectivity index (χ0v) is 11.5. The van der Waals surface area contributed by atoms with Gasteiger partial charge in [0.05, 0.1) is 10.7 Å². The molecule has 0 spiro atoms. The van der Waals surface area contributed by atoms with Crippen molar-refractivity contribution in [3.05, 3.63) is 57.0 Å². The summed E-state index contributed by atoms with van der Waals surface area (Å²) in [4.78, 5) is 4.35. The van der Waals surface area contributed by atoms with E-state index in [4.69, 9.17) is 16.3 Å². The van der Waals surface area contributed by atoms with E-state index in [0.29, 0.717) is 12.2 Å². The van der Waals surface area contributed by atoms with E-state index in [-0.39, 0.29) is 11.1 Å². The van der Waals surface area contributed by atoms with E-state index in [9.17, 15) is 4.39 Å². The maximum absolute atomic E-state index is 13.3. The van der Waals surface area contributed by atoms with Gasteiger partial charge >= 0.3 is 0 Å². The molecule has 0 N–H and O–H groups in total. The summed E-state index contributed by atoms with van der Waals surface area (Å²) in [7, 11) is 0. The summed E-state index contributed by atoms with van der Waals surface area (Å²) in [6.07, 6.45) is 0.467. The van der Waals surface area contributed by atoms with Crippen LogP contribution in [0.2, 0.25) is 5.02 Å². The third kappa shape index (κ3) is 2.10. The first-order chi connectivity index (χ1) is 8.63. The molecule has 1 unspecified atom stereocenters. The molecule has 2 heterocycles. The molecule has 2 aromatic rings. The molecular weight excluding hydrogens is 321 g/mol. The minimum atomic E-state index is -0.460. The Morgan fingerprint density at radius 2 is 2.22 bits per heavy atom. The van der Waals surface area contributed by atoms with Crippen LogP contribution in [0, 0.1) is 5.82 Å². The molecule has 2 nitrogen and oxygen atoms in total. The highest BCUT2D eigenvalue weighted by Gasteiger charge is 2.26. The third-order valence-electron chi connectivity index (χ3n) is 2.84. The molecule has 18 heavy (non-hydrogen) atoms. The van der Waals surface area contributed by atoms with Crippen molar-refractivity contribution in [2.24, 2.45) is 0 Å². The number of halogens is 3. The number of rotatable bonds is 1. The number of pyridine rings is 1. The van der Waals surface area contributed by atoms with Gasteiger partial charge in [-0.1, -0.05) is 17.7 Å². The van der Waals surface area contributed by atoms with Gasteiger partial charge in [-0.05, 0) is 39.7 Å². The van der Waals surface area contributed by atoms with Crippen LogP contribution in [-0.2, 0) is 6.42 Å². The van der Waals surface area contributed by atoms with Crippen LogP contribution in [0.5, 0.6) is 5.75 Å². The maximum atomic E-state index is 13.3. The van der Waals surface area contributed by atoms with Crippen molar-refractivity contribution in [3.63, 3.8) is 0 Å². The van der Waals surface area contributed by atoms with E-state index in [1.54, 1.807) is 6.07 Å². The van der Waals surface area contributed by atoms with Gasteiger partial charge in [0.1, 0.15) is 22.3 Å². The second kappa shape index (κ2) is 4.52. The molecule has 0 saturated heterocycles. The first-order valence-corrected chi connectivity index (χ1v) is 6.57. The summed E-state index contributed by atoms with van der Waals surface area (Å²) in [6, 6.07) is 8.58. The van der Waals surface area contributed by atoms with Gasteiger partial charge in [0.25, 0.3) is 0 Å². The lowest BCUT2D eigenvalue weighted by molar-refractivity contribution is 0.232. The largest absolute Gasteiger partial charge is 0.483 e. The Labute approximate surface area is 117 Å². The summed E-state index contributed by atoms with van der Waals surface area (Å²) in [5.41, 5.74) is 1.73. The quantitative estimate of drug-likeness (QED) is 0.728. The zero-order valence-electron chi connectivity index (χ0n) is 9.16. The molecule has 0 aliphatic carbocycles. The Balaban J connectivity index is 1.93. The van der Waals surface area contributed by atoms with E-state index in [1.165, 1.54) is 6.07 Å². The van der Waals surface area contributed by atoms with Crippen LogP contribution in [0.4, 0.5) is 4.39 Å². The predicted molar refractivity (Wildman–Crippen MR) is 70.4 cm³/mol. The third-order valence-corrected chi connectivity index (χ3v) is 3.58. The smallest absolute Gasteiger partial charge is 0.145 e. The molecule has 0 amide bonds. The maximum Gasteiger partial charge on any atom is 0.145 e. The van der Waals surface area contributed by atoms with Crippen molar-refractivity contribution < 1.29 is 9.13 Å². The number of aromatic nitrogens is 1. The molecule has 0 fully saturated rings. The molecule has 0 saturated carbocycles. The Kier molecular flexibility index (Phi) is 2.99. The summed E-state index contributed by atoms with van der Waals surface area (Å²) in [6.45, 7) is 0. The van der Waals surface area contributed by atoms with Crippen molar-refractivity contribution in [1.29, 1.82) is 0 Å². The number of ether oxygens (including phenoxy) is 1. The van der Waals surface area contributed by atoms with Gasteiger partial charge in [0, 0.05) is 12.5 Å². The lowest BCUT2D eigenvalue weighted by atomic mass is 10.1. The highest BCUT2D eigenvalue weighted by atomic mass is 79.9. The minimum Gasteiger partial charge on any atom is -0.483 e. The topological polar surface area (TPSA) is 22.1 Å². The minimum absolute atomic E-state index is 0.125. The standard InChI is InChI=1S/C13H8BrClFNO/c14-13-3-1-2-10(17-13)12-5-7-4-8(15)9(16)6-11(7)18-12/h1-4,6,12H,5H2. The molecule has 1 atom stereocenters. The summed E-state index contributed by atoms with van der Waals surface area (Å²) in [5.74, 6) is 0.0851. The van der Waals surface area contributed by atoms with E-state index in [2.05, 4.69) is 20.9 Å². The molecule has 92 valence electrons. The van der Waals surface area contributed by atoms with Crippen LogP contribution in [0.25, 0.3) is 0 Å². The van der Waals surface area contributed by atoms with Gasteiger partial charge in [-0.25, -0.2) is 9.37 Å². The van der Waals surface area contributed by atoms with Gasteiger partial charge in [0.15, 0.2) is 0 Å². The summed E-state index contributed by atoms with van der Waals surface area (Å²) < 4.78 is 19.8. The SMILES string of the molecule is Fc1cc2c(cc1Cl)CC(c1cccc(Br)n1)O2. The van der Waals surface area contributed by atoms with Gasteiger partial charge < -0.3 is 4.74 Å². The number of nitrogens with zero attached hydrogens (tertiary/aromatic N) is 1. The second-order valence-electron chi connectivity index (χ2n) is 4.07.